The van der Waals surface area contributed by atoms with E-state index in [9.17, 15) is 14.4 Å². The number of hydrogen-bond acceptors (Lipinski definition) is 7. The Kier molecular flexibility index (Phi) is 4.67. The zero-order valence-corrected chi connectivity index (χ0v) is 15.2. The van der Waals surface area contributed by atoms with Crippen LogP contribution in [0.2, 0.25) is 0 Å². The van der Waals surface area contributed by atoms with Crippen LogP contribution in [0.5, 0.6) is 0 Å². The Morgan fingerprint density at radius 2 is 1.89 bits per heavy atom. The lowest BCUT2D eigenvalue weighted by molar-refractivity contribution is 0.101. The van der Waals surface area contributed by atoms with E-state index in [2.05, 4.69) is 25.9 Å². The molecule has 1 aromatic carbocycles. The molecule has 0 saturated heterocycles. The van der Waals surface area contributed by atoms with Crippen molar-refractivity contribution in [3.8, 4) is 5.69 Å². The Bertz CT molecular complexity index is 1130. The molecule has 27 heavy (non-hydrogen) atoms. The highest BCUT2D eigenvalue weighted by molar-refractivity contribution is 6.01. The predicted molar refractivity (Wildman–Crippen MR) is 96.0 cm³/mol. The Morgan fingerprint density at radius 1 is 1.19 bits per heavy atom. The van der Waals surface area contributed by atoms with Crippen molar-refractivity contribution < 1.29 is 4.79 Å². The number of tetrazole rings is 1. The number of para-hydroxylation sites is 1. The molecule has 0 aliphatic rings. The maximum Gasteiger partial charge on any atom is 0.352 e. The second-order valence-electron chi connectivity index (χ2n) is 6.18. The highest BCUT2D eigenvalue weighted by Gasteiger charge is 2.23. The number of anilines is 1. The lowest BCUT2D eigenvalue weighted by Gasteiger charge is -2.15. The molecule has 2 heterocycles. The molecule has 0 spiro atoms. The van der Waals surface area contributed by atoms with Gasteiger partial charge in [-0.25, -0.2) is 18.7 Å². The zero-order chi connectivity index (χ0) is 19.7. The van der Waals surface area contributed by atoms with Crippen molar-refractivity contribution in [3.05, 3.63) is 56.4 Å². The summed E-state index contributed by atoms with van der Waals surface area (Å²) in [7, 11) is 1.53. The van der Waals surface area contributed by atoms with E-state index in [-0.39, 0.29) is 12.0 Å². The fraction of sp³-hybridized carbons (Fsp3) is 0.312. The number of carbonyl (C=O) groups excluding carboxylic acids is 1. The Hall–Kier alpha value is -3.63. The maximum atomic E-state index is 12.9. The number of aryl methyl sites for hydroxylation is 2. The molecule has 1 N–H and O–H groups in total. The van der Waals surface area contributed by atoms with Gasteiger partial charge >= 0.3 is 5.69 Å². The van der Waals surface area contributed by atoms with Crippen molar-refractivity contribution in [1.82, 2.24) is 34.6 Å². The van der Waals surface area contributed by atoms with Crippen LogP contribution in [0.25, 0.3) is 5.69 Å². The van der Waals surface area contributed by atoms with Crippen LogP contribution >= 0.6 is 0 Å². The summed E-state index contributed by atoms with van der Waals surface area (Å²) in [4.78, 5) is 38.4. The third-order valence-electron chi connectivity index (χ3n) is 3.91. The van der Waals surface area contributed by atoms with Gasteiger partial charge in [-0.15, -0.1) is 0 Å². The molecule has 0 aliphatic heterocycles. The molecule has 11 heteroatoms. The minimum absolute atomic E-state index is 0.0472. The number of amides is 1. The van der Waals surface area contributed by atoms with Gasteiger partial charge in [-0.3, -0.25) is 14.9 Å². The van der Waals surface area contributed by atoms with Gasteiger partial charge in [-0.1, -0.05) is 23.3 Å². The summed E-state index contributed by atoms with van der Waals surface area (Å²) in [5, 5.41) is 17.1. The van der Waals surface area contributed by atoms with Gasteiger partial charge < -0.3 is 0 Å². The van der Waals surface area contributed by atoms with E-state index in [1.807, 2.05) is 0 Å². The minimum atomic E-state index is -0.821. The molecule has 0 fully saturated rings. The van der Waals surface area contributed by atoms with Crippen molar-refractivity contribution in [3.63, 3.8) is 0 Å². The number of aromatic nitrogens is 7. The summed E-state index contributed by atoms with van der Waals surface area (Å²) in [6, 6.07) is 6.54. The van der Waals surface area contributed by atoms with Crippen LogP contribution in [0.1, 0.15) is 35.9 Å². The molecular weight excluding hydrogens is 352 g/mol. The second-order valence-corrected chi connectivity index (χ2v) is 6.18. The van der Waals surface area contributed by atoms with Crippen molar-refractivity contribution in [1.29, 1.82) is 0 Å². The highest BCUT2D eigenvalue weighted by atomic mass is 16.2. The SMILES string of the molecule is Cc1ccccc1-n1c(=O)c(C(=O)Nc2nnnn2C)nn(C(C)C)c1=O. The molecule has 0 bridgehead atoms. The van der Waals surface area contributed by atoms with E-state index in [1.54, 1.807) is 45.0 Å². The Balaban J connectivity index is 2.22. The number of hydrogen-bond donors (Lipinski definition) is 1. The average Bonchev–Trinajstić information content (AvgIpc) is 3.01. The van der Waals surface area contributed by atoms with Gasteiger partial charge in [0.25, 0.3) is 11.5 Å². The van der Waals surface area contributed by atoms with Gasteiger partial charge in [0.05, 0.1) is 11.7 Å². The molecule has 3 aromatic rings. The first kappa shape index (κ1) is 18.2. The molecule has 140 valence electrons. The molecule has 0 saturated carbocycles. The summed E-state index contributed by atoms with van der Waals surface area (Å²) in [5.74, 6) is -0.763. The van der Waals surface area contributed by atoms with Crippen molar-refractivity contribution in [2.45, 2.75) is 26.8 Å². The lowest BCUT2D eigenvalue weighted by atomic mass is 10.2. The fourth-order valence-electron chi connectivity index (χ4n) is 2.49. The smallest absolute Gasteiger partial charge is 0.288 e. The van der Waals surface area contributed by atoms with Crippen LogP contribution in [-0.2, 0) is 7.05 Å². The average molecular weight is 370 g/mol. The first-order valence-electron chi connectivity index (χ1n) is 8.17. The summed E-state index contributed by atoms with van der Waals surface area (Å²) in [6.45, 7) is 5.23. The van der Waals surface area contributed by atoms with E-state index in [4.69, 9.17) is 0 Å². The highest BCUT2D eigenvalue weighted by Crippen LogP contribution is 2.10. The summed E-state index contributed by atoms with van der Waals surface area (Å²) >= 11 is 0. The fourth-order valence-corrected chi connectivity index (χ4v) is 2.49. The molecule has 2 aromatic heterocycles. The summed E-state index contributed by atoms with van der Waals surface area (Å²) in [6.07, 6.45) is 0. The van der Waals surface area contributed by atoms with E-state index in [0.29, 0.717) is 11.3 Å². The van der Waals surface area contributed by atoms with Gasteiger partial charge in [-0.05, 0) is 42.8 Å². The second kappa shape index (κ2) is 6.94. The van der Waals surface area contributed by atoms with Gasteiger partial charge in [0.1, 0.15) is 0 Å². The number of benzene rings is 1. The van der Waals surface area contributed by atoms with E-state index in [1.165, 1.54) is 11.7 Å². The standard InChI is InChI=1S/C16H18N8O3/c1-9(2)24-16(27)23(11-8-6-5-7-10(11)3)14(26)12(19-24)13(25)17-15-18-20-21-22(15)4/h5-9H,1-4H3,(H,17,18,21,25). The minimum Gasteiger partial charge on any atom is -0.288 e. The van der Waals surface area contributed by atoms with Gasteiger partial charge in [0.15, 0.2) is 0 Å². The van der Waals surface area contributed by atoms with Crippen LogP contribution in [0, 0.1) is 6.92 Å². The number of rotatable bonds is 4. The van der Waals surface area contributed by atoms with E-state index < -0.39 is 22.9 Å². The van der Waals surface area contributed by atoms with E-state index >= 15 is 0 Å². The topological polar surface area (TPSA) is 130 Å². The lowest BCUT2D eigenvalue weighted by Crippen LogP contribution is -2.45. The summed E-state index contributed by atoms with van der Waals surface area (Å²) in [5.41, 5.74) is -0.782. The third-order valence-corrected chi connectivity index (χ3v) is 3.91. The molecule has 0 aliphatic carbocycles. The molecule has 1 amide bonds. The molecule has 3 rings (SSSR count). The molecule has 11 nitrogen and oxygen atoms in total. The molecular formula is C16H18N8O3. The predicted octanol–water partition coefficient (Wildman–Crippen LogP) is 0.0593. The number of nitrogens with one attached hydrogen (secondary N) is 1. The van der Waals surface area contributed by atoms with Gasteiger partial charge in [-0.2, -0.15) is 5.10 Å². The quantitative estimate of drug-likeness (QED) is 0.687. The molecule has 0 radical (unpaired) electrons. The molecule has 0 atom stereocenters. The monoisotopic (exact) mass is 370 g/mol. The van der Waals surface area contributed by atoms with Gasteiger partial charge in [0.2, 0.25) is 11.6 Å². The van der Waals surface area contributed by atoms with Crippen LogP contribution < -0.4 is 16.6 Å². The van der Waals surface area contributed by atoms with Crippen molar-refractivity contribution >= 4 is 11.9 Å². The number of carbonyl (C=O) groups is 1. The maximum absolute atomic E-state index is 12.9. The van der Waals surface area contributed by atoms with Crippen LogP contribution in [0.4, 0.5) is 5.95 Å². The molecule has 0 unspecified atom stereocenters. The largest absolute Gasteiger partial charge is 0.352 e. The van der Waals surface area contributed by atoms with Crippen LogP contribution in [0.3, 0.4) is 0 Å². The zero-order valence-electron chi connectivity index (χ0n) is 15.2. The number of nitrogens with zero attached hydrogens (tertiary/aromatic N) is 7. The normalized spacial score (nSPS) is 11.0. The van der Waals surface area contributed by atoms with Crippen molar-refractivity contribution in [2.24, 2.45) is 7.05 Å². The first-order valence-corrected chi connectivity index (χ1v) is 8.17. The Labute approximate surface area is 153 Å². The van der Waals surface area contributed by atoms with E-state index in [0.717, 1.165) is 9.25 Å². The van der Waals surface area contributed by atoms with Crippen molar-refractivity contribution in [2.75, 3.05) is 5.32 Å². The van der Waals surface area contributed by atoms with Crippen LogP contribution in [-0.4, -0.2) is 40.5 Å². The van der Waals surface area contributed by atoms with Crippen LogP contribution in [0.15, 0.2) is 33.9 Å². The Morgan fingerprint density at radius 3 is 2.48 bits per heavy atom. The summed E-state index contributed by atoms with van der Waals surface area (Å²) < 4.78 is 3.28. The first-order chi connectivity index (χ1) is 12.8. The third kappa shape index (κ3) is 3.26. The van der Waals surface area contributed by atoms with Gasteiger partial charge in [0, 0.05) is 7.05 Å².